The summed E-state index contributed by atoms with van der Waals surface area (Å²) in [6, 6.07) is 0. The normalized spacial score (nSPS) is 26.8. The van der Waals surface area contributed by atoms with E-state index < -0.39 is 5.97 Å². The van der Waals surface area contributed by atoms with E-state index in [0.29, 0.717) is 19.3 Å². The Morgan fingerprint density at radius 2 is 1.68 bits per heavy atom. The molecule has 4 nitrogen and oxygen atoms in total. The monoisotopic (exact) mass is 267 g/mol. The summed E-state index contributed by atoms with van der Waals surface area (Å²) < 4.78 is 0. The second-order valence-corrected chi connectivity index (χ2v) is 6.03. The van der Waals surface area contributed by atoms with Crippen LogP contribution in [0.1, 0.15) is 57.8 Å². The molecule has 2 fully saturated rings. The van der Waals surface area contributed by atoms with Crippen molar-refractivity contribution in [3.8, 4) is 0 Å². The molecule has 108 valence electrons. The smallest absolute Gasteiger partial charge is 0.303 e. The lowest BCUT2D eigenvalue weighted by atomic mass is 9.75. The molecule has 2 rings (SSSR count). The first-order valence-corrected chi connectivity index (χ1v) is 7.66. The summed E-state index contributed by atoms with van der Waals surface area (Å²) >= 11 is 0. The van der Waals surface area contributed by atoms with E-state index >= 15 is 0 Å². The molecule has 0 bridgehead atoms. The lowest BCUT2D eigenvalue weighted by Crippen LogP contribution is -2.44. The van der Waals surface area contributed by atoms with E-state index in [1.165, 1.54) is 32.1 Å². The molecule has 0 spiro atoms. The molecule has 1 saturated heterocycles. The second kappa shape index (κ2) is 6.92. The fourth-order valence-corrected chi connectivity index (χ4v) is 3.54. The Morgan fingerprint density at radius 1 is 1.00 bits per heavy atom. The van der Waals surface area contributed by atoms with Gasteiger partial charge in [-0.15, -0.1) is 0 Å². The van der Waals surface area contributed by atoms with Gasteiger partial charge in [0.25, 0.3) is 0 Å². The summed E-state index contributed by atoms with van der Waals surface area (Å²) in [6.45, 7) is 1.86. The number of likely N-dealkylation sites (tertiary alicyclic amines) is 1. The topological polar surface area (TPSA) is 57.6 Å². The van der Waals surface area contributed by atoms with Crippen LogP contribution in [0.15, 0.2) is 0 Å². The molecule has 0 aromatic carbocycles. The third-order valence-electron chi connectivity index (χ3n) is 4.68. The first kappa shape index (κ1) is 14.4. The molecule has 1 aliphatic carbocycles. The number of carboxylic acid groups (broad SMARTS) is 1. The lowest BCUT2D eigenvalue weighted by Gasteiger charge is -2.41. The molecule has 0 aromatic heterocycles. The number of hydrogen-bond acceptors (Lipinski definition) is 2. The van der Waals surface area contributed by atoms with Crippen LogP contribution in [0.4, 0.5) is 0 Å². The Morgan fingerprint density at radius 3 is 2.42 bits per heavy atom. The number of fused-ring (bicyclic) bond motifs is 1. The number of amides is 1. The maximum Gasteiger partial charge on any atom is 0.303 e. The molecule has 0 aromatic rings. The van der Waals surface area contributed by atoms with Crippen molar-refractivity contribution < 1.29 is 14.7 Å². The van der Waals surface area contributed by atoms with Gasteiger partial charge in [-0.25, -0.2) is 0 Å². The van der Waals surface area contributed by atoms with Gasteiger partial charge in [-0.1, -0.05) is 19.3 Å². The fourth-order valence-electron chi connectivity index (χ4n) is 3.54. The summed E-state index contributed by atoms with van der Waals surface area (Å²) in [4.78, 5) is 24.5. The van der Waals surface area contributed by atoms with Gasteiger partial charge in [-0.05, 0) is 37.5 Å². The number of hydrogen-bond donors (Lipinski definition) is 1. The van der Waals surface area contributed by atoms with Crippen LogP contribution in [0, 0.1) is 11.8 Å². The van der Waals surface area contributed by atoms with E-state index in [2.05, 4.69) is 0 Å². The van der Waals surface area contributed by atoms with Gasteiger partial charge in [-0.2, -0.15) is 0 Å². The number of carbonyl (C=O) groups excluding carboxylic acids is 1. The van der Waals surface area contributed by atoms with Crippen LogP contribution in [0.25, 0.3) is 0 Å². The Labute approximate surface area is 115 Å². The number of nitrogens with zero attached hydrogens (tertiary/aromatic N) is 1. The third kappa shape index (κ3) is 4.22. The van der Waals surface area contributed by atoms with Crippen molar-refractivity contribution in [2.75, 3.05) is 13.1 Å². The quantitative estimate of drug-likeness (QED) is 0.779. The molecule has 19 heavy (non-hydrogen) atoms. The summed E-state index contributed by atoms with van der Waals surface area (Å²) in [5.74, 6) is 1.04. The van der Waals surface area contributed by atoms with E-state index in [4.69, 9.17) is 5.11 Å². The Balaban J connectivity index is 1.69. The van der Waals surface area contributed by atoms with Gasteiger partial charge in [-0.3, -0.25) is 9.59 Å². The highest BCUT2D eigenvalue weighted by Crippen LogP contribution is 2.36. The maximum atomic E-state index is 12.1. The van der Waals surface area contributed by atoms with Crippen LogP contribution in [0.3, 0.4) is 0 Å². The Hall–Kier alpha value is -1.06. The van der Waals surface area contributed by atoms with Crippen molar-refractivity contribution in [3.63, 3.8) is 0 Å². The predicted molar refractivity (Wildman–Crippen MR) is 72.7 cm³/mol. The summed E-state index contributed by atoms with van der Waals surface area (Å²) in [5, 5.41) is 8.56. The third-order valence-corrected chi connectivity index (χ3v) is 4.68. The highest BCUT2D eigenvalue weighted by Gasteiger charge is 2.32. The molecule has 2 aliphatic rings. The van der Waals surface area contributed by atoms with E-state index in [-0.39, 0.29) is 12.3 Å². The number of unbranched alkanes of at least 4 members (excludes halogenated alkanes) is 1. The average Bonchev–Trinajstić information content (AvgIpc) is 2.42. The molecular formula is C15H25NO3. The molecular weight excluding hydrogens is 242 g/mol. The van der Waals surface area contributed by atoms with Crippen molar-refractivity contribution in [2.24, 2.45) is 11.8 Å². The van der Waals surface area contributed by atoms with E-state index in [9.17, 15) is 9.59 Å². The van der Waals surface area contributed by atoms with Gasteiger partial charge in [0.15, 0.2) is 0 Å². The highest BCUT2D eigenvalue weighted by atomic mass is 16.4. The van der Waals surface area contributed by atoms with Crippen LogP contribution < -0.4 is 0 Å². The molecule has 2 unspecified atom stereocenters. The molecule has 1 aliphatic heterocycles. The fraction of sp³-hybridized carbons (Fsp3) is 0.867. The molecule has 0 radical (unpaired) electrons. The van der Waals surface area contributed by atoms with Gasteiger partial charge in [0.2, 0.25) is 5.91 Å². The molecule has 1 heterocycles. The molecule has 2 atom stereocenters. The number of rotatable bonds is 5. The summed E-state index contributed by atoms with van der Waals surface area (Å²) in [6.07, 6.45) is 8.51. The largest absolute Gasteiger partial charge is 0.481 e. The lowest BCUT2D eigenvalue weighted by molar-refractivity contribution is -0.138. The van der Waals surface area contributed by atoms with Crippen LogP contribution in [0.5, 0.6) is 0 Å². The van der Waals surface area contributed by atoms with Crippen molar-refractivity contribution in [1.82, 2.24) is 4.90 Å². The number of carbonyl (C=O) groups is 2. The van der Waals surface area contributed by atoms with E-state index in [1.54, 1.807) is 0 Å². The van der Waals surface area contributed by atoms with E-state index in [0.717, 1.165) is 24.9 Å². The van der Waals surface area contributed by atoms with Gasteiger partial charge < -0.3 is 10.0 Å². The minimum absolute atomic E-state index is 0.179. The van der Waals surface area contributed by atoms with Crippen LogP contribution >= 0.6 is 0 Å². The zero-order chi connectivity index (χ0) is 13.7. The standard InChI is InChI=1S/C15H25NO3/c17-14(7-3-4-8-15(18)19)16-10-9-12-5-1-2-6-13(12)11-16/h12-13H,1-11H2,(H,18,19). The molecule has 1 amide bonds. The Kier molecular flexibility index (Phi) is 5.23. The van der Waals surface area contributed by atoms with Crippen LogP contribution in [-0.4, -0.2) is 35.0 Å². The van der Waals surface area contributed by atoms with Crippen molar-refractivity contribution in [2.45, 2.75) is 57.8 Å². The molecule has 1 saturated carbocycles. The van der Waals surface area contributed by atoms with E-state index in [1.807, 2.05) is 4.90 Å². The van der Waals surface area contributed by atoms with Gasteiger partial charge in [0.1, 0.15) is 0 Å². The highest BCUT2D eigenvalue weighted by molar-refractivity contribution is 5.76. The van der Waals surface area contributed by atoms with Gasteiger partial charge in [0, 0.05) is 25.9 Å². The molecule has 1 N–H and O–H groups in total. The maximum absolute atomic E-state index is 12.1. The predicted octanol–water partition coefficient (Wildman–Crippen LogP) is 2.67. The minimum atomic E-state index is -0.768. The van der Waals surface area contributed by atoms with Gasteiger partial charge >= 0.3 is 5.97 Å². The minimum Gasteiger partial charge on any atom is -0.481 e. The summed E-state index contributed by atoms with van der Waals surface area (Å²) in [7, 11) is 0. The average molecular weight is 267 g/mol. The van der Waals surface area contributed by atoms with Gasteiger partial charge in [0.05, 0.1) is 0 Å². The number of aliphatic carboxylic acids is 1. The second-order valence-electron chi connectivity index (χ2n) is 6.03. The first-order chi connectivity index (χ1) is 9.16. The SMILES string of the molecule is O=C(O)CCCCC(=O)N1CCC2CCCCC2C1. The van der Waals surface area contributed by atoms with Crippen molar-refractivity contribution >= 4 is 11.9 Å². The van der Waals surface area contributed by atoms with Crippen LogP contribution in [-0.2, 0) is 9.59 Å². The summed E-state index contributed by atoms with van der Waals surface area (Å²) in [5.41, 5.74) is 0. The van der Waals surface area contributed by atoms with Crippen molar-refractivity contribution in [1.29, 1.82) is 0 Å². The zero-order valence-electron chi connectivity index (χ0n) is 11.6. The zero-order valence-corrected chi connectivity index (χ0v) is 11.6. The van der Waals surface area contributed by atoms with Crippen molar-refractivity contribution in [3.05, 3.63) is 0 Å². The van der Waals surface area contributed by atoms with Crippen LogP contribution in [0.2, 0.25) is 0 Å². The number of piperidine rings is 1. The first-order valence-electron chi connectivity index (χ1n) is 7.66. The Bertz CT molecular complexity index is 329. The molecule has 4 heteroatoms. The number of carboxylic acids is 1.